The van der Waals surface area contributed by atoms with Crippen LogP contribution in [0.2, 0.25) is 0 Å². The average molecular weight is 703 g/mol. The van der Waals surface area contributed by atoms with Gasteiger partial charge >= 0.3 is 100 Å². The maximum absolute atomic E-state index is 12.5. The van der Waals surface area contributed by atoms with Crippen LogP contribution >= 0.6 is 0 Å². The van der Waals surface area contributed by atoms with Gasteiger partial charge in [-0.1, -0.05) is 44.2 Å². The summed E-state index contributed by atoms with van der Waals surface area (Å²) in [7, 11) is 3.45. The number of amides is 2. The third-order valence-electron chi connectivity index (χ3n) is 5.82. The number of rotatable bonds is 10. The molecule has 2 atom stereocenters. The van der Waals surface area contributed by atoms with E-state index in [4.69, 9.17) is 10.8 Å². The fourth-order valence-corrected chi connectivity index (χ4v) is 4.08. The van der Waals surface area contributed by atoms with Gasteiger partial charge in [0.2, 0.25) is 11.8 Å². The minimum absolute atomic E-state index is 0.0748. The van der Waals surface area contributed by atoms with Gasteiger partial charge in [0, 0.05) is 13.5 Å². The number of hydrogen-bond acceptors (Lipinski definition) is 4. The number of aryl methyl sites for hydroxylation is 1. The van der Waals surface area contributed by atoms with Gasteiger partial charge in [0.25, 0.3) is 0 Å². The second-order valence-electron chi connectivity index (χ2n) is 9.37. The Morgan fingerprint density at radius 1 is 1.00 bits per heavy atom. The van der Waals surface area contributed by atoms with Crippen LogP contribution in [0.4, 0.5) is 0 Å². The number of carboxylic acids is 1. The van der Waals surface area contributed by atoms with Gasteiger partial charge in [0.15, 0.2) is 0 Å². The number of aliphatic carboxylic acids is 1. The molecule has 0 bridgehead atoms. The van der Waals surface area contributed by atoms with Crippen molar-refractivity contribution in [1.82, 2.24) is 19.4 Å². The second kappa shape index (κ2) is 15.2. The molecule has 0 unspecified atom stereocenters. The van der Waals surface area contributed by atoms with Crippen LogP contribution in [0, 0.1) is 9.72 Å². The van der Waals surface area contributed by atoms with E-state index in [1.165, 1.54) is 16.4 Å². The first-order valence-electron chi connectivity index (χ1n) is 12.3. The van der Waals surface area contributed by atoms with E-state index in [1.807, 2.05) is 50.2 Å². The summed E-state index contributed by atoms with van der Waals surface area (Å²) in [5.41, 5.74) is 8.02. The molecule has 0 aliphatic rings. The molecule has 2 aromatic carbocycles. The zero-order valence-electron chi connectivity index (χ0n) is 22.2. The van der Waals surface area contributed by atoms with Crippen LogP contribution in [-0.4, -0.2) is 62.6 Å². The van der Waals surface area contributed by atoms with E-state index in [2.05, 4.69) is 77.5 Å². The van der Waals surface area contributed by atoms with Crippen molar-refractivity contribution in [3.63, 3.8) is 0 Å². The molecule has 1 aromatic heterocycles. The summed E-state index contributed by atoms with van der Waals surface area (Å²) in [5.74, 6) is -2.09. The number of nitrogens with one attached hydrogen (secondary N) is 1. The average Bonchev–Trinajstić information content (AvgIpc) is 3.20. The van der Waals surface area contributed by atoms with Crippen molar-refractivity contribution >= 4 is 17.8 Å². The molecule has 3 rings (SSSR count). The number of carboxylic acid groups (broad SMARTS) is 1. The molecular formula is C28H37N5O4Pt. The Kier molecular flexibility index (Phi) is 12.4. The third-order valence-corrected chi connectivity index (χ3v) is 7.28. The van der Waals surface area contributed by atoms with Crippen LogP contribution in [-0.2, 0) is 53.8 Å². The van der Waals surface area contributed by atoms with Crippen LogP contribution in [0.1, 0.15) is 25.0 Å². The van der Waals surface area contributed by atoms with E-state index in [0.717, 1.165) is 17.0 Å². The predicted molar refractivity (Wildman–Crippen MR) is 142 cm³/mol. The zero-order chi connectivity index (χ0) is 28.2. The summed E-state index contributed by atoms with van der Waals surface area (Å²) < 4.78 is 5.59. The van der Waals surface area contributed by atoms with Crippen molar-refractivity contribution in [3.8, 4) is 0 Å². The number of imidazole rings is 1. The van der Waals surface area contributed by atoms with Crippen molar-refractivity contribution in [2.75, 3.05) is 13.6 Å². The van der Waals surface area contributed by atoms with Crippen LogP contribution in [0.15, 0.2) is 73.1 Å². The molecule has 208 valence electrons. The monoisotopic (exact) mass is 702 g/mol. The number of nitrogens with two attached hydrogens (primary N) is 1. The van der Waals surface area contributed by atoms with E-state index in [0.29, 0.717) is 0 Å². The molecule has 0 radical (unpaired) electrons. The Morgan fingerprint density at radius 2 is 1.55 bits per heavy atom. The summed E-state index contributed by atoms with van der Waals surface area (Å²) in [4.78, 5) is 36.6. The second-order valence-corrected chi connectivity index (χ2v) is 10.4. The molecule has 4 N–H and O–H groups in total. The summed E-state index contributed by atoms with van der Waals surface area (Å²) in [6.07, 6.45) is 4.45. The molecule has 0 fully saturated rings. The van der Waals surface area contributed by atoms with E-state index >= 15 is 0 Å². The molecule has 0 aliphatic heterocycles. The van der Waals surface area contributed by atoms with Gasteiger partial charge in [-0.05, 0) is 11.5 Å². The summed E-state index contributed by atoms with van der Waals surface area (Å²) >= 11 is 2.34. The molecule has 38 heavy (non-hydrogen) atoms. The molecule has 3 aromatic rings. The summed E-state index contributed by atoms with van der Waals surface area (Å²) in [6, 6.07) is 18.1. The van der Waals surface area contributed by atoms with Gasteiger partial charge in [0.05, 0.1) is 6.04 Å². The molecule has 1 heterocycles. The van der Waals surface area contributed by atoms with Crippen molar-refractivity contribution in [2.24, 2.45) is 18.7 Å². The van der Waals surface area contributed by atoms with E-state index in [-0.39, 0.29) is 12.3 Å². The molecule has 0 saturated heterocycles. The predicted octanol–water partition coefficient (Wildman–Crippen LogP) is 2.19. The first-order chi connectivity index (χ1) is 18.0. The Hall–Kier alpha value is -3.29. The minimum atomic E-state index is -1.12. The van der Waals surface area contributed by atoms with E-state index in [9.17, 15) is 14.4 Å². The quantitative estimate of drug-likeness (QED) is 0.299. The molecule has 10 heteroatoms. The molecule has 0 spiro atoms. The number of hydrogen-bond donors (Lipinski definition) is 3. The Morgan fingerprint density at radius 3 is 2.03 bits per heavy atom. The van der Waals surface area contributed by atoms with Crippen LogP contribution < -0.4 is 11.1 Å². The van der Waals surface area contributed by atoms with Crippen LogP contribution in [0.25, 0.3) is 0 Å². The van der Waals surface area contributed by atoms with Gasteiger partial charge < -0.3 is 21.1 Å². The SMILES string of the molecule is CC(C)[C@@H](N)C(=O)N[C@H](Cc1ccccc1)C(=O)N(C)CC(=O)O.Cn1ccn(Cc2ccccc2)[c]1=[Pt]. The van der Waals surface area contributed by atoms with Crippen molar-refractivity contribution in [2.45, 2.75) is 38.9 Å². The van der Waals surface area contributed by atoms with Gasteiger partial charge in [-0.25, -0.2) is 0 Å². The fourth-order valence-electron chi connectivity index (χ4n) is 3.56. The van der Waals surface area contributed by atoms with Crippen LogP contribution in [0.3, 0.4) is 0 Å². The standard InChI is InChI=1S/C17H25N3O4.C11H12N2.Pt/c1-11(2)15(18)16(23)19-13(9-12-7-5-4-6-8-12)17(24)20(3)10-14(21)22;1-12-7-8-13(10-12)9-11-5-3-2-4-6-11;/h4-8,11,13,15H,9-10,18H2,1-3H3,(H,19,23)(H,21,22);2-8H,9H2,1H3;/t13-,15-;;/m1../s1. The first kappa shape index (κ1) is 30.9. The number of nitrogens with zero attached hydrogens (tertiary/aromatic N) is 3. The number of aromatic nitrogens is 2. The Bertz CT molecular complexity index is 1240. The fraction of sp³-hybridized carbons (Fsp3) is 0.357. The molecule has 0 saturated carbocycles. The number of carbonyl (C=O) groups excluding carboxylic acids is 2. The van der Waals surface area contributed by atoms with Gasteiger partial charge in [-0.2, -0.15) is 0 Å². The number of likely N-dealkylation sites (N-methyl/N-ethyl adjacent to an activating group) is 1. The molecule has 2 amide bonds. The molecule has 9 nitrogen and oxygen atoms in total. The zero-order valence-corrected chi connectivity index (χ0v) is 24.5. The number of carbonyl (C=O) groups is 3. The normalized spacial score (nSPS) is 12.2. The maximum atomic E-state index is 12.5. The van der Waals surface area contributed by atoms with Gasteiger partial charge in [0.1, 0.15) is 12.6 Å². The van der Waals surface area contributed by atoms with Crippen molar-refractivity contribution in [1.29, 1.82) is 0 Å². The van der Waals surface area contributed by atoms with E-state index in [1.54, 1.807) is 0 Å². The molecular weight excluding hydrogens is 665 g/mol. The summed E-state index contributed by atoms with van der Waals surface area (Å²) in [5, 5.41) is 11.5. The van der Waals surface area contributed by atoms with Crippen LogP contribution in [0.5, 0.6) is 0 Å². The Balaban J connectivity index is 0.000000304. The van der Waals surface area contributed by atoms with Gasteiger partial charge in [-0.3, -0.25) is 14.4 Å². The molecule has 0 aliphatic carbocycles. The van der Waals surface area contributed by atoms with E-state index < -0.39 is 36.4 Å². The topological polar surface area (TPSA) is 123 Å². The summed E-state index contributed by atoms with van der Waals surface area (Å²) in [6.45, 7) is 4.14. The Labute approximate surface area is 234 Å². The number of benzene rings is 2. The first-order valence-corrected chi connectivity index (χ1v) is 13.4. The third kappa shape index (κ3) is 9.87. The van der Waals surface area contributed by atoms with Crippen molar-refractivity contribution < 1.29 is 38.8 Å². The van der Waals surface area contributed by atoms with Gasteiger partial charge in [-0.15, -0.1) is 0 Å². The van der Waals surface area contributed by atoms with Crippen molar-refractivity contribution in [3.05, 3.63) is 88.0 Å².